The van der Waals surface area contributed by atoms with Crippen LogP contribution in [-0.4, -0.2) is 86.7 Å². The average molecular weight is 349 g/mol. The lowest BCUT2D eigenvalue weighted by atomic mass is 10.2. The van der Waals surface area contributed by atoms with Crippen LogP contribution >= 0.6 is 0 Å². The van der Waals surface area contributed by atoms with Crippen molar-refractivity contribution < 1.29 is 9.59 Å². The van der Waals surface area contributed by atoms with Crippen LogP contribution in [0.1, 0.15) is 25.6 Å². The second-order valence-corrected chi connectivity index (χ2v) is 6.72. The number of piperazine rings is 1. The predicted molar refractivity (Wildman–Crippen MR) is 91.7 cm³/mol. The highest BCUT2D eigenvalue weighted by Gasteiger charge is 2.30. The van der Waals surface area contributed by atoms with E-state index < -0.39 is 0 Å². The molecule has 0 saturated carbocycles. The molecule has 138 valence electrons. The van der Waals surface area contributed by atoms with E-state index in [1.165, 1.54) is 0 Å². The molecular formula is C16H27N7O2. The Bertz CT molecular complexity index is 603. The molecule has 25 heavy (non-hydrogen) atoms. The zero-order chi connectivity index (χ0) is 17.8. The van der Waals surface area contributed by atoms with Crippen LogP contribution in [0.15, 0.2) is 6.33 Å². The van der Waals surface area contributed by atoms with E-state index in [4.69, 9.17) is 0 Å². The fraction of sp³-hybridized carbons (Fsp3) is 0.750. The Morgan fingerprint density at radius 2 is 1.80 bits per heavy atom. The van der Waals surface area contributed by atoms with Gasteiger partial charge in [0.25, 0.3) is 0 Å². The number of hydrogen-bond donors (Lipinski definition) is 1. The van der Waals surface area contributed by atoms with Gasteiger partial charge in [0.15, 0.2) is 5.82 Å². The van der Waals surface area contributed by atoms with E-state index in [1.54, 1.807) is 23.0 Å². The quantitative estimate of drug-likeness (QED) is 0.803. The van der Waals surface area contributed by atoms with Gasteiger partial charge in [-0.25, -0.2) is 9.78 Å². The van der Waals surface area contributed by atoms with Crippen molar-refractivity contribution >= 4 is 11.9 Å². The van der Waals surface area contributed by atoms with Crippen molar-refractivity contribution in [1.29, 1.82) is 0 Å². The summed E-state index contributed by atoms with van der Waals surface area (Å²) in [7, 11) is 1.79. The van der Waals surface area contributed by atoms with E-state index in [0.29, 0.717) is 25.5 Å². The average Bonchev–Trinajstić information content (AvgIpc) is 3.30. The number of aryl methyl sites for hydroxylation is 1. The Hall–Kier alpha value is -2.16. The SMILES string of the molecule is CC(C(=O)N1CCCC1)N1CCN(C(=O)NCc2ncn(C)n2)CC1. The molecular weight excluding hydrogens is 322 g/mol. The van der Waals surface area contributed by atoms with E-state index in [9.17, 15) is 9.59 Å². The van der Waals surface area contributed by atoms with E-state index >= 15 is 0 Å². The molecule has 9 heteroatoms. The fourth-order valence-electron chi connectivity index (χ4n) is 3.40. The van der Waals surface area contributed by atoms with Crippen LogP contribution in [0, 0.1) is 0 Å². The molecule has 2 fully saturated rings. The first-order chi connectivity index (χ1) is 12.0. The molecule has 2 saturated heterocycles. The van der Waals surface area contributed by atoms with Crippen LogP contribution in [0.5, 0.6) is 0 Å². The van der Waals surface area contributed by atoms with Gasteiger partial charge in [0.1, 0.15) is 6.33 Å². The van der Waals surface area contributed by atoms with Crippen molar-refractivity contribution in [2.75, 3.05) is 39.3 Å². The number of rotatable bonds is 4. The van der Waals surface area contributed by atoms with Gasteiger partial charge < -0.3 is 15.1 Å². The van der Waals surface area contributed by atoms with Gasteiger partial charge in [-0.05, 0) is 19.8 Å². The Balaban J connectivity index is 1.43. The highest BCUT2D eigenvalue weighted by Crippen LogP contribution is 2.14. The maximum Gasteiger partial charge on any atom is 0.317 e. The highest BCUT2D eigenvalue weighted by molar-refractivity contribution is 5.81. The molecule has 0 radical (unpaired) electrons. The van der Waals surface area contributed by atoms with Crippen molar-refractivity contribution in [3.8, 4) is 0 Å². The number of likely N-dealkylation sites (tertiary alicyclic amines) is 1. The molecule has 2 aliphatic heterocycles. The molecule has 1 N–H and O–H groups in total. The van der Waals surface area contributed by atoms with Crippen molar-refractivity contribution in [2.45, 2.75) is 32.4 Å². The number of hydrogen-bond acceptors (Lipinski definition) is 5. The smallest absolute Gasteiger partial charge is 0.317 e. The molecule has 3 rings (SSSR count). The van der Waals surface area contributed by atoms with Gasteiger partial charge in [0.2, 0.25) is 5.91 Å². The van der Waals surface area contributed by atoms with Crippen LogP contribution in [0.4, 0.5) is 4.79 Å². The molecule has 0 bridgehead atoms. The lowest BCUT2D eigenvalue weighted by Gasteiger charge is -2.38. The van der Waals surface area contributed by atoms with Crippen molar-refractivity contribution in [3.63, 3.8) is 0 Å². The summed E-state index contributed by atoms with van der Waals surface area (Å²) >= 11 is 0. The number of amides is 3. The molecule has 1 atom stereocenters. The standard InChI is InChI=1S/C16H27N7O2/c1-13(15(24)22-5-3-4-6-22)21-7-9-23(10-8-21)16(25)17-11-14-18-12-20(2)19-14/h12-13H,3-11H2,1-2H3,(H,17,25). The lowest BCUT2D eigenvalue weighted by Crippen LogP contribution is -2.56. The summed E-state index contributed by atoms with van der Waals surface area (Å²) in [5.41, 5.74) is 0. The van der Waals surface area contributed by atoms with Crippen LogP contribution in [0.3, 0.4) is 0 Å². The number of aromatic nitrogens is 3. The molecule has 1 aromatic heterocycles. The Kier molecular flexibility index (Phi) is 5.52. The Morgan fingerprint density at radius 1 is 1.12 bits per heavy atom. The Labute approximate surface area is 148 Å². The second-order valence-electron chi connectivity index (χ2n) is 6.72. The van der Waals surface area contributed by atoms with Gasteiger partial charge >= 0.3 is 6.03 Å². The second kappa shape index (κ2) is 7.81. The first-order valence-electron chi connectivity index (χ1n) is 8.94. The summed E-state index contributed by atoms with van der Waals surface area (Å²) in [5.74, 6) is 0.816. The lowest BCUT2D eigenvalue weighted by molar-refractivity contribution is -0.135. The zero-order valence-corrected chi connectivity index (χ0v) is 15.0. The first-order valence-corrected chi connectivity index (χ1v) is 8.94. The highest BCUT2D eigenvalue weighted by atomic mass is 16.2. The summed E-state index contributed by atoms with van der Waals surface area (Å²) in [6, 6.07) is -0.216. The summed E-state index contributed by atoms with van der Waals surface area (Å²) in [4.78, 5) is 34.8. The molecule has 1 unspecified atom stereocenters. The minimum absolute atomic E-state index is 0.106. The number of carbonyl (C=O) groups is 2. The third kappa shape index (κ3) is 4.28. The minimum Gasteiger partial charge on any atom is -0.341 e. The monoisotopic (exact) mass is 349 g/mol. The maximum absolute atomic E-state index is 12.5. The largest absolute Gasteiger partial charge is 0.341 e. The van der Waals surface area contributed by atoms with Crippen LogP contribution in [-0.2, 0) is 18.4 Å². The predicted octanol–water partition coefficient (Wildman–Crippen LogP) is -0.347. The molecule has 3 heterocycles. The van der Waals surface area contributed by atoms with Gasteiger partial charge in [0.05, 0.1) is 12.6 Å². The minimum atomic E-state index is -0.110. The topological polar surface area (TPSA) is 86.6 Å². The summed E-state index contributed by atoms with van der Waals surface area (Å²) in [6.45, 7) is 6.75. The number of nitrogens with one attached hydrogen (secondary N) is 1. The van der Waals surface area contributed by atoms with E-state index in [1.807, 2.05) is 11.8 Å². The van der Waals surface area contributed by atoms with Crippen LogP contribution in [0.2, 0.25) is 0 Å². The zero-order valence-electron chi connectivity index (χ0n) is 15.0. The number of nitrogens with zero attached hydrogens (tertiary/aromatic N) is 6. The summed E-state index contributed by atoms with van der Waals surface area (Å²) < 4.78 is 1.61. The molecule has 1 aromatic rings. The van der Waals surface area contributed by atoms with E-state index in [-0.39, 0.29) is 18.0 Å². The summed E-state index contributed by atoms with van der Waals surface area (Å²) in [6.07, 6.45) is 3.83. The van der Waals surface area contributed by atoms with Gasteiger partial charge in [-0.1, -0.05) is 0 Å². The molecule has 0 spiro atoms. The number of carbonyl (C=O) groups excluding carboxylic acids is 2. The molecule has 9 nitrogen and oxygen atoms in total. The van der Waals surface area contributed by atoms with Crippen molar-refractivity contribution in [2.24, 2.45) is 7.05 Å². The third-order valence-corrected chi connectivity index (χ3v) is 4.97. The normalized spacial score (nSPS) is 19.9. The Morgan fingerprint density at radius 3 is 2.40 bits per heavy atom. The van der Waals surface area contributed by atoms with Gasteiger partial charge in [-0.15, -0.1) is 0 Å². The molecule has 3 amide bonds. The summed E-state index contributed by atoms with van der Waals surface area (Å²) in [5, 5.41) is 6.99. The van der Waals surface area contributed by atoms with Crippen LogP contribution in [0.25, 0.3) is 0 Å². The molecule has 0 aromatic carbocycles. The fourth-order valence-corrected chi connectivity index (χ4v) is 3.40. The van der Waals surface area contributed by atoms with Gasteiger partial charge in [-0.2, -0.15) is 5.10 Å². The number of urea groups is 1. The van der Waals surface area contributed by atoms with Gasteiger partial charge in [0, 0.05) is 46.3 Å². The molecule has 0 aliphatic carbocycles. The third-order valence-electron chi connectivity index (χ3n) is 4.97. The van der Waals surface area contributed by atoms with Crippen LogP contribution < -0.4 is 5.32 Å². The first kappa shape index (κ1) is 17.7. The van der Waals surface area contributed by atoms with E-state index in [0.717, 1.165) is 39.0 Å². The maximum atomic E-state index is 12.5. The van der Waals surface area contributed by atoms with Crippen molar-refractivity contribution in [3.05, 3.63) is 12.2 Å². The van der Waals surface area contributed by atoms with Gasteiger partial charge in [-0.3, -0.25) is 14.4 Å². The molecule has 2 aliphatic rings. The van der Waals surface area contributed by atoms with E-state index in [2.05, 4.69) is 20.3 Å². The van der Waals surface area contributed by atoms with Crippen molar-refractivity contribution in [1.82, 2.24) is 34.8 Å².